The van der Waals surface area contributed by atoms with Crippen LogP contribution in [0.1, 0.15) is 6.92 Å². The molecule has 4 N–H and O–H groups in total. The minimum atomic E-state index is -1.46. The number of benzene rings is 1. The van der Waals surface area contributed by atoms with E-state index < -0.39 is 36.6 Å². The molecule has 0 bridgehead atoms. The number of aliphatic hydroxyl groups excluding tert-OH is 3. The number of carbonyl (C=O) groups is 2. The lowest BCUT2D eigenvalue weighted by Crippen LogP contribution is -2.60. The van der Waals surface area contributed by atoms with Gasteiger partial charge in [-0.2, -0.15) is 0 Å². The lowest BCUT2D eigenvalue weighted by molar-refractivity contribution is -0.288. The highest BCUT2D eigenvalue weighted by atomic mass is 16.7. The van der Waals surface area contributed by atoms with E-state index in [9.17, 15) is 24.9 Å². The van der Waals surface area contributed by atoms with Gasteiger partial charge in [0.15, 0.2) is 6.29 Å². The van der Waals surface area contributed by atoms with E-state index in [0.717, 1.165) is 0 Å². The number of rotatable bonds is 6. The lowest BCUT2D eigenvalue weighted by atomic mass is 9.99. The number of ether oxygens (including phenoxy) is 2. The Bertz CT molecular complexity index is 610. The van der Waals surface area contributed by atoms with Crippen molar-refractivity contribution in [3.63, 3.8) is 0 Å². The number of hydrogen-bond acceptors (Lipinski definition) is 7. The van der Waals surface area contributed by atoms with Crippen molar-refractivity contribution in [3.05, 3.63) is 30.3 Å². The van der Waals surface area contributed by atoms with Crippen LogP contribution in [0.15, 0.2) is 30.3 Å². The summed E-state index contributed by atoms with van der Waals surface area (Å²) in [6, 6.07) is 8.74. The number of anilines is 1. The van der Waals surface area contributed by atoms with Crippen molar-refractivity contribution in [2.75, 3.05) is 25.1 Å². The Kier molecular flexibility index (Phi) is 7.06. The molecule has 0 aromatic heterocycles. The van der Waals surface area contributed by atoms with E-state index in [1.165, 1.54) is 18.9 Å². The van der Waals surface area contributed by atoms with E-state index in [-0.39, 0.29) is 19.0 Å². The van der Waals surface area contributed by atoms with Gasteiger partial charge in [0, 0.05) is 26.3 Å². The fraction of sp³-hybridized carbons (Fsp3) is 0.529. The van der Waals surface area contributed by atoms with E-state index in [0.29, 0.717) is 5.69 Å². The van der Waals surface area contributed by atoms with Crippen LogP contribution in [0.4, 0.5) is 5.69 Å². The molecule has 0 radical (unpaired) electrons. The first kappa shape index (κ1) is 20.3. The Balaban J connectivity index is 1.94. The molecule has 144 valence electrons. The van der Waals surface area contributed by atoms with Gasteiger partial charge in [-0.3, -0.25) is 9.59 Å². The number of methoxy groups -OCH3 is 1. The quantitative estimate of drug-likeness (QED) is 0.487. The highest BCUT2D eigenvalue weighted by Crippen LogP contribution is 2.21. The molecule has 1 aliphatic rings. The van der Waals surface area contributed by atoms with Crippen molar-refractivity contribution in [2.24, 2.45) is 0 Å². The Morgan fingerprint density at radius 1 is 1.15 bits per heavy atom. The van der Waals surface area contributed by atoms with Crippen LogP contribution < -0.4 is 10.2 Å². The summed E-state index contributed by atoms with van der Waals surface area (Å²) in [4.78, 5) is 25.3. The summed E-state index contributed by atoms with van der Waals surface area (Å²) < 4.78 is 10.2. The summed E-state index contributed by atoms with van der Waals surface area (Å²) in [5.41, 5.74) is 0.585. The highest BCUT2D eigenvalue weighted by Gasteiger charge is 2.43. The summed E-state index contributed by atoms with van der Waals surface area (Å²) in [5.74, 6) is -0.757. The van der Waals surface area contributed by atoms with Gasteiger partial charge in [0.1, 0.15) is 31.0 Å². The van der Waals surface area contributed by atoms with Gasteiger partial charge in [-0.25, -0.2) is 0 Å². The number of nitrogens with one attached hydrogen (secondary N) is 1. The SMILES string of the molecule is CO[C@H]1O[C@H](CNC(=O)CN(C(C)=O)c2ccccc2)[C@@H](O)[C@H](O)[C@@H]1O. The van der Waals surface area contributed by atoms with Gasteiger partial charge in [-0.15, -0.1) is 0 Å². The molecule has 0 spiro atoms. The lowest BCUT2D eigenvalue weighted by Gasteiger charge is -2.39. The first-order valence-corrected chi connectivity index (χ1v) is 8.17. The van der Waals surface area contributed by atoms with Crippen molar-refractivity contribution >= 4 is 17.5 Å². The second-order valence-corrected chi connectivity index (χ2v) is 6.00. The van der Waals surface area contributed by atoms with Gasteiger partial charge in [0.05, 0.1) is 0 Å². The number of para-hydroxylation sites is 1. The van der Waals surface area contributed by atoms with Crippen molar-refractivity contribution < 1.29 is 34.4 Å². The third kappa shape index (κ3) is 4.77. The molecule has 1 aliphatic heterocycles. The van der Waals surface area contributed by atoms with Gasteiger partial charge in [-0.05, 0) is 12.1 Å². The largest absolute Gasteiger partial charge is 0.388 e. The van der Waals surface area contributed by atoms with Gasteiger partial charge >= 0.3 is 0 Å². The Hall–Kier alpha value is -2.04. The van der Waals surface area contributed by atoms with Crippen molar-refractivity contribution in [3.8, 4) is 0 Å². The Morgan fingerprint density at radius 3 is 2.38 bits per heavy atom. The predicted molar refractivity (Wildman–Crippen MR) is 91.2 cm³/mol. The van der Waals surface area contributed by atoms with Crippen LogP contribution in [0.5, 0.6) is 0 Å². The summed E-state index contributed by atoms with van der Waals surface area (Å²) in [6.45, 7) is 1.03. The van der Waals surface area contributed by atoms with Crippen LogP contribution in [-0.2, 0) is 19.1 Å². The van der Waals surface area contributed by atoms with Crippen molar-refractivity contribution in [1.29, 1.82) is 0 Å². The van der Waals surface area contributed by atoms with Gasteiger partial charge in [0.2, 0.25) is 11.8 Å². The molecule has 1 fully saturated rings. The van der Waals surface area contributed by atoms with E-state index in [1.54, 1.807) is 30.3 Å². The molecular weight excluding hydrogens is 344 g/mol. The maximum Gasteiger partial charge on any atom is 0.240 e. The number of hydrogen-bond donors (Lipinski definition) is 4. The molecule has 0 aliphatic carbocycles. The molecule has 26 heavy (non-hydrogen) atoms. The molecule has 2 amide bonds. The Labute approximate surface area is 151 Å². The predicted octanol–water partition coefficient (Wildman–Crippen LogP) is -1.39. The number of nitrogens with zero attached hydrogens (tertiary/aromatic N) is 1. The second-order valence-electron chi connectivity index (χ2n) is 6.00. The fourth-order valence-corrected chi connectivity index (χ4v) is 2.69. The molecule has 9 nitrogen and oxygen atoms in total. The van der Waals surface area contributed by atoms with Crippen LogP contribution in [0, 0.1) is 0 Å². The number of aliphatic hydroxyl groups is 3. The summed E-state index contributed by atoms with van der Waals surface area (Å²) >= 11 is 0. The molecule has 1 heterocycles. The first-order chi connectivity index (χ1) is 12.3. The van der Waals surface area contributed by atoms with Gasteiger partial charge < -0.3 is 35.0 Å². The molecule has 2 rings (SSSR count). The molecule has 0 saturated carbocycles. The van der Waals surface area contributed by atoms with Crippen LogP contribution in [0.25, 0.3) is 0 Å². The van der Waals surface area contributed by atoms with Crippen LogP contribution in [0.2, 0.25) is 0 Å². The first-order valence-electron chi connectivity index (χ1n) is 8.17. The maximum atomic E-state index is 12.2. The van der Waals surface area contributed by atoms with E-state index in [4.69, 9.17) is 9.47 Å². The summed E-state index contributed by atoms with van der Waals surface area (Å²) in [7, 11) is 1.29. The highest BCUT2D eigenvalue weighted by molar-refractivity contribution is 5.97. The van der Waals surface area contributed by atoms with E-state index in [1.807, 2.05) is 0 Å². The number of carbonyl (C=O) groups excluding carboxylic acids is 2. The Morgan fingerprint density at radius 2 is 1.81 bits per heavy atom. The third-order valence-electron chi connectivity index (χ3n) is 4.15. The van der Waals surface area contributed by atoms with Crippen molar-refractivity contribution in [2.45, 2.75) is 37.6 Å². The second kappa shape index (κ2) is 9.06. The number of amides is 2. The average molecular weight is 368 g/mol. The normalized spacial score (nSPS) is 28.4. The molecule has 1 saturated heterocycles. The molecule has 1 aromatic rings. The van der Waals surface area contributed by atoms with Gasteiger partial charge in [-0.1, -0.05) is 18.2 Å². The van der Waals surface area contributed by atoms with Gasteiger partial charge in [0.25, 0.3) is 0 Å². The van der Waals surface area contributed by atoms with E-state index >= 15 is 0 Å². The summed E-state index contributed by atoms with van der Waals surface area (Å²) in [5, 5.41) is 32.1. The minimum absolute atomic E-state index is 0.121. The monoisotopic (exact) mass is 368 g/mol. The summed E-state index contributed by atoms with van der Waals surface area (Å²) in [6.07, 6.45) is -6.34. The molecular formula is C17H24N2O7. The van der Waals surface area contributed by atoms with Crippen molar-refractivity contribution in [1.82, 2.24) is 5.32 Å². The zero-order valence-corrected chi connectivity index (χ0v) is 14.6. The van der Waals surface area contributed by atoms with E-state index in [2.05, 4.69) is 5.32 Å². The minimum Gasteiger partial charge on any atom is -0.388 e. The van der Waals surface area contributed by atoms with Crippen LogP contribution in [0.3, 0.4) is 0 Å². The van der Waals surface area contributed by atoms with Crippen LogP contribution in [-0.4, -0.2) is 78.0 Å². The topological polar surface area (TPSA) is 129 Å². The molecule has 5 atom stereocenters. The maximum absolute atomic E-state index is 12.2. The molecule has 9 heteroatoms. The fourth-order valence-electron chi connectivity index (χ4n) is 2.69. The standard InChI is InChI=1S/C17H24N2O7/c1-10(20)19(11-6-4-3-5-7-11)9-13(21)18-8-12-14(22)15(23)16(24)17(25-2)26-12/h3-7,12,14-17,22-24H,8-9H2,1-2H3,(H,18,21)/t12-,14-,15+,16+,17+/m1/s1. The average Bonchev–Trinajstić information content (AvgIpc) is 2.64. The molecule has 1 aromatic carbocycles. The zero-order chi connectivity index (χ0) is 19.3. The van der Waals surface area contributed by atoms with Crippen LogP contribution >= 0.6 is 0 Å². The third-order valence-corrected chi connectivity index (χ3v) is 4.15. The molecule has 0 unspecified atom stereocenters. The smallest absolute Gasteiger partial charge is 0.240 e. The zero-order valence-electron chi connectivity index (χ0n) is 14.6.